The molecule has 1 amide bonds. The lowest BCUT2D eigenvalue weighted by atomic mass is 10.1. The van der Waals surface area contributed by atoms with Gasteiger partial charge in [0.15, 0.2) is 0 Å². The first-order valence-electron chi connectivity index (χ1n) is 9.49. The molecule has 1 fully saturated rings. The zero-order chi connectivity index (χ0) is 21.9. The Morgan fingerprint density at radius 2 is 1.87 bits per heavy atom. The van der Waals surface area contributed by atoms with Gasteiger partial charge in [-0.1, -0.05) is 12.1 Å². The second-order valence-electron chi connectivity index (χ2n) is 7.23. The largest absolute Gasteiger partial charge is 0.341 e. The van der Waals surface area contributed by atoms with Gasteiger partial charge in [-0.2, -0.15) is 8.42 Å². The molecule has 1 aliphatic rings. The van der Waals surface area contributed by atoms with Crippen LogP contribution < -0.4 is 11.1 Å². The molecule has 0 bridgehead atoms. The maximum atomic E-state index is 12.4. The number of anilines is 1. The first-order chi connectivity index (χ1) is 14.2. The van der Waals surface area contributed by atoms with E-state index in [-0.39, 0.29) is 10.8 Å². The maximum Gasteiger partial charge on any atom is 0.341 e. The number of rotatable bonds is 6. The zero-order valence-corrected chi connectivity index (χ0v) is 17.6. The molecule has 0 aliphatic carbocycles. The summed E-state index contributed by atoms with van der Waals surface area (Å²) in [6, 6.07) is 8.13. The molecule has 10 heteroatoms. The van der Waals surface area contributed by atoms with E-state index in [1.807, 2.05) is 0 Å². The highest BCUT2D eigenvalue weighted by atomic mass is 32.2. The van der Waals surface area contributed by atoms with E-state index in [9.17, 15) is 18.0 Å². The summed E-state index contributed by atoms with van der Waals surface area (Å²) in [5.41, 5.74) is 6.94. The quantitative estimate of drug-likeness (QED) is 0.654. The van der Waals surface area contributed by atoms with Crippen LogP contribution in [0, 0.1) is 0 Å². The smallest absolute Gasteiger partial charge is 0.341 e. The highest BCUT2D eigenvalue weighted by Crippen LogP contribution is 2.24. The Labute approximate surface area is 175 Å². The minimum Gasteiger partial charge on any atom is -0.341 e. The number of likely N-dealkylation sites (tertiary alicyclic amines) is 1. The monoisotopic (exact) mass is 432 g/mol. The SMILES string of the molecule is C[C@@H](N)C(=O)Nc1ccc(-c2ccc(S(=O)(=O)OC(=O)C3CCCN3C)cc2)cn1. The van der Waals surface area contributed by atoms with Crippen molar-refractivity contribution >= 4 is 27.8 Å². The molecule has 2 atom stereocenters. The van der Waals surface area contributed by atoms with Crippen molar-refractivity contribution in [2.75, 3.05) is 18.9 Å². The predicted molar refractivity (Wildman–Crippen MR) is 111 cm³/mol. The van der Waals surface area contributed by atoms with Crippen LogP contribution in [-0.2, 0) is 23.9 Å². The number of nitrogens with one attached hydrogen (secondary N) is 1. The lowest BCUT2D eigenvalue weighted by Gasteiger charge is -2.17. The molecule has 3 rings (SSSR count). The van der Waals surface area contributed by atoms with Gasteiger partial charge in [-0.3, -0.25) is 9.69 Å². The lowest BCUT2D eigenvalue weighted by molar-refractivity contribution is -0.138. The Morgan fingerprint density at radius 3 is 2.40 bits per heavy atom. The number of amides is 1. The minimum absolute atomic E-state index is 0.103. The summed E-state index contributed by atoms with van der Waals surface area (Å²) in [7, 11) is -2.43. The second kappa shape index (κ2) is 8.90. The number of hydrogen-bond donors (Lipinski definition) is 2. The van der Waals surface area contributed by atoms with Crippen LogP contribution in [0.3, 0.4) is 0 Å². The van der Waals surface area contributed by atoms with E-state index in [0.717, 1.165) is 18.5 Å². The maximum absolute atomic E-state index is 12.4. The molecule has 0 saturated carbocycles. The Bertz CT molecular complexity index is 1020. The van der Waals surface area contributed by atoms with Crippen molar-refractivity contribution in [3.8, 4) is 11.1 Å². The van der Waals surface area contributed by atoms with Crippen LogP contribution in [0.4, 0.5) is 5.82 Å². The van der Waals surface area contributed by atoms with Crippen LogP contribution in [-0.4, -0.2) is 55.9 Å². The van der Waals surface area contributed by atoms with Crippen molar-refractivity contribution in [3.63, 3.8) is 0 Å². The summed E-state index contributed by atoms with van der Waals surface area (Å²) >= 11 is 0. The third-order valence-electron chi connectivity index (χ3n) is 4.89. The minimum atomic E-state index is -4.20. The number of likely N-dealkylation sites (N-methyl/N-ethyl adjacent to an activating group) is 1. The molecule has 9 nitrogen and oxygen atoms in total. The number of aromatic nitrogens is 1. The Morgan fingerprint density at radius 1 is 1.20 bits per heavy atom. The molecule has 160 valence electrons. The first-order valence-corrected chi connectivity index (χ1v) is 10.9. The number of carbonyl (C=O) groups excluding carboxylic acids is 2. The van der Waals surface area contributed by atoms with E-state index in [4.69, 9.17) is 9.92 Å². The molecule has 2 aromatic rings. The van der Waals surface area contributed by atoms with E-state index >= 15 is 0 Å². The summed E-state index contributed by atoms with van der Waals surface area (Å²) in [5, 5.41) is 2.59. The van der Waals surface area contributed by atoms with Gasteiger partial charge < -0.3 is 15.2 Å². The molecule has 1 aromatic heterocycles. The predicted octanol–water partition coefficient (Wildman–Crippen LogP) is 1.36. The first kappa shape index (κ1) is 21.9. The molecule has 30 heavy (non-hydrogen) atoms. The number of nitrogens with two attached hydrogens (primary N) is 1. The highest BCUT2D eigenvalue weighted by Gasteiger charge is 2.32. The zero-order valence-electron chi connectivity index (χ0n) is 16.7. The van der Waals surface area contributed by atoms with E-state index in [1.165, 1.54) is 12.1 Å². The van der Waals surface area contributed by atoms with Crippen LogP contribution in [0.5, 0.6) is 0 Å². The fraction of sp³-hybridized carbons (Fsp3) is 0.350. The number of benzene rings is 1. The summed E-state index contributed by atoms with van der Waals surface area (Å²) in [6.45, 7) is 2.30. The van der Waals surface area contributed by atoms with Crippen molar-refractivity contribution in [2.24, 2.45) is 5.73 Å². The highest BCUT2D eigenvalue weighted by molar-refractivity contribution is 7.87. The van der Waals surface area contributed by atoms with Gasteiger partial charge in [0, 0.05) is 11.8 Å². The van der Waals surface area contributed by atoms with Crippen LogP contribution in [0.15, 0.2) is 47.5 Å². The molecule has 1 unspecified atom stereocenters. The third kappa shape index (κ3) is 5.02. The Kier molecular flexibility index (Phi) is 6.49. The average molecular weight is 433 g/mol. The fourth-order valence-electron chi connectivity index (χ4n) is 3.11. The molecule has 1 aliphatic heterocycles. The number of carbonyl (C=O) groups is 2. The van der Waals surface area contributed by atoms with Crippen LogP contribution in [0.1, 0.15) is 19.8 Å². The van der Waals surface area contributed by atoms with Crippen molar-refractivity contribution in [1.82, 2.24) is 9.88 Å². The number of pyridine rings is 1. The molecular weight excluding hydrogens is 408 g/mol. The van der Waals surface area contributed by atoms with Crippen molar-refractivity contribution < 1.29 is 22.2 Å². The van der Waals surface area contributed by atoms with Gasteiger partial charge in [-0.25, -0.2) is 9.78 Å². The third-order valence-corrected chi connectivity index (χ3v) is 6.12. The van der Waals surface area contributed by atoms with Gasteiger partial charge in [-0.05, 0) is 63.2 Å². The van der Waals surface area contributed by atoms with Gasteiger partial charge in [0.1, 0.15) is 16.8 Å². The van der Waals surface area contributed by atoms with Crippen molar-refractivity contribution in [3.05, 3.63) is 42.6 Å². The molecular formula is C20H24N4O5S. The molecule has 0 radical (unpaired) electrons. The van der Waals surface area contributed by atoms with Crippen molar-refractivity contribution in [1.29, 1.82) is 0 Å². The van der Waals surface area contributed by atoms with Crippen LogP contribution >= 0.6 is 0 Å². The van der Waals surface area contributed by atoms with Gasteiger partial charge in [0.2, 0.25) is 5.91 Å². The number of nitrogens with zero attached hydrogens (tertiary/aromatic N) is 2. The van der Waals surface area contributed by atoms with Gasteiger partial charge in [0.05, 0.1) is 6.04 Å². The fourth-order valence-corrected chi connectivity index (χ4v) is 4.01. The second-order valence-corrected chi connectivity index (χ2v) is 8.78. The van der Waals surface area contributed by atoms with Gasteiger partial charge in [-0.15, -0.1) is 0 Å². The summed E-state index contributed by atoms with van der Waals surface area (Å²) < 4.78 is 29.7. The molecule has 2 heterocycles. The van der Waals surface area contributed by atoms with Gasteiger partial charge in [0.25, 0.3) is 0 Å². The Hall–Kier alpha value is -2.82. The van der Waals surface area contributed by atoms with Crippen molar-refractivity contribution in [2.45, 2.75) is 36.7 Å². The molecule has 3 N–H and O–H groups in total. The van der Waals surface area contributed by atoms with Crippen LogP contribution in [0.25, 0.3) is 11.1 Å². The van der Waals surface area contributed by atoms with E-state index < -0.39 is 28.2 Å². The van der Waals surface area contributed by atoms with Gasteiger partial charge >= 0.3 is 16.1 Å². The standard InChI is InChI=1S/C20H24N4O5S/c1-13(21)19(25)23-18-10-7-15(12-22-18)14-5-8-16(9-6-14)30(27,28)29-20(26)17-4-3-11-24(17)2/h5-10,12-13,17H,3-4,11,21H2,1-2H3,(H,22,23,25)/t13-,17?/m1/s1. The summed E-state index contributed by atoms with van der Waals surface area (Å²) in [6.07, 6.45) is 2.96. The van der Waals surface area contributed by atoms with Crippen LogP contribution in [0.2, 0.25) is 0 Å². The Balaban J connectivity index is 1.69. The topological polar surface area (TPSA) is 132 Å². The summed E-state index contributed by atoms with van der Waals surface area (Å²) in [5.74, 6) is -0.736. The molecule has 1 saturated heterocycles. The number of hydrogen-bond acceptors (Lipinski definition) is 8. The van der Waals surface area contributed by atoms with E-state index in [0.29, 0.717) is 17.8 Å². The summed E-state index contributed by atoms with van der Waals surface area (Å²) in [4.78, 5) is 29.6. The average Bonchev–Trinajstić information content (AvgIpc) is 3.14. The normalized spacial score (nSPS) is 18.0. The van der Waals surface area contributed by atoms with E-state index in [1.54, 1.807) is 49.3 Å². The van der Waals surface area contributed by atoms with E-state index in [2.05, 4.69) is 10.3 Å². The lowest BCUT2D eigenvalue weighted by Crippen LogP contribution is -2.35. The molecule has 1 aromatic carbocycles. The molecule has 0 spiro atoms.